The second-order valence-corrected chi connectivity index (χ2v) is 11.3. The zero-order chi connectivity index (χ0) is 25.0. The fourth-order valence-electron chi connectivity index (χ4n) is 5.51. The van der Waals surface area contributed by atoms with Crippen LogP contribution in [0.5, 0.6) is 0 Å². The second-order valence-electron chi connectivity index (χ2n) is 9.25. The minimum absolute atomic E-state index is 0.227. The number of para-hydroxylation sites is 1. The van der Waals surface area contributed by atoms with E-state index in [0.29, 0.717) is 10.6 Å². The second kappa shape index (κ2) is 9.14. The third-order valence-electron chi connectivity index (χ3n) is 7.14. The zero-order valence-electron chi connectivity index (χ0n) is 20.1. The van der Waals surface area contributed by atoms with Crippen molar-refractivity contribution in [1.29, 1.82) is 0 Å². The molecule has 2 aliphatic heterocycles. The molecule has 0 spiro atoms. The first-order valence-corrected chi connectivity index (χ1v) is 13.9. The van der Waals surface area contributed by atoms with Crippen molar-refractivity contribution >= 4 is 51.1 Å². The first kappa shape index (κ1) is 23.4. The lowest BCUT2D eigenvalue weighted by Crippen LogP contribution is -2.37. The molecule has 0 bridgehead atoms. The number of hydroxylamine groups is 1. The Labute approximate surface area is 217 Å². The van der Waals surface area contributed by atoms with Gasteiger partial charge in [0, 0.05) is 9.75 Å². The van der Waals surface area contributed by atoms with Crippen LogP contribution in [0.4, 0.5) is 10.7 Å². The van der Waals surface area contributed by atoms with Gasteiger partial charge in [0.25, 0.3) is 5.91 Å². The summed E-state index contributed by atoms with van der Waals surface area (Å²) in [6, 6.07) is 11.3. The van der Waals surface area contributed by atoms with Crippen LogP contribution in [0.15, 0.2) is 41.8 Å². The molecule has 0 radical (unpaired) electrons. The van der Waals surface area contributed by atoms with Crippen LogP contribution in [0.3, 0.4) is 0 Å². The van der Waals surface area contributed by atoms with Crippen LogP contribution in [-0.2, 0) is 32.0 Å². The Morgan fingerprint density at radius 2 is 1.92 bits per heavy atom. The third-order valence-corrected chi connectivity index (χ3v) is 9.36. The van der Waals surface area contributed by atoms with Gasteiger partial charge in [0.1, 0.15) is 17.0 Å². The summed E-state index contributed by atoms with van der Waals surface area (Å²) < 4.78 is 5.37. The van der Waals surface area contributed by atoms with Gasteiger partial charge in [-0.15, -0.1) is 22.7 Å². The zero-order valence-corrected chi connectivity index (χ0v) is 21.7. The first-order chi connectivity index (χ1) is 17.5. The number of nitrogens with zero attached hydrogens (tertiary/aromatic N) is 2. The fraction of sp³-hybridized carbons (Fsp3) is 0.370. The summed E-state index contributed by atoms with van der Waals surface area (Å²) in [6.45, 7) is 3.97. The number of hydrogen-bond donors (Lipinski definition) is 0. The summed E-state index contributed by atoms with van der Waals surface area (Å²) >= 11 is 2.91. The molecule has 3 aromatic rings. The SMILES string of the molecule is CCOC(=O)c1c(N2C(=O)[C@H]3[C@@H](ON(c4ccccc4C)[C@H]3c3cccs3)C2=O)sc2c1CCCC2. The minimum atomic E-state index is -0.960. The van der Waals surface area contributed by atoms with E-state index >= 15 is 0 Å². The number of imide groups is 1. The van der Waals surface area contributed by atoms with E-state index in [1.54, 1.807) is 12.0 Å². The smallest absolute Gasteiger partial charge is 0.341 e. The number of aryl methyl sites for hydroxylation is 2. The van der Waals surface area contributed by atoms with Gasteiger partial charge in [0.15, 0.2) is 6.10 Å². The van der Waals surface area contributed by atoms with Crippen LogP contribution in [0.25, 0.3) is 0 Å². The molecule has 0 N–H and O–H groups in total. The third kappa shape index (κ3) is 3.52. The van der Waals surface area contributed by atoms with E-state index in [9.17, 15) is 14.4 Å². The van der Waals surface area contributed by atoms with E-state index < -0.39 is 29.9 Å². The van der Waals surface area contributed by atoms with Gasteiger partial charge in [0.2, 0.25) is 5.91 Å². The number of hydrogen-bond acceptors (Lipinski definition) is 8. The van der Waals surface area contributed by atoms with Gasteiger partial charge < -0.3 is 4.74 Å². The molecule has 1 aromatic carbocycles. The number of benzene rings is 1. The topological polar surface area (TPSA) is 76.2 Å². The van der Waals surface area contributed by atoms with Gasteiger partial charge in [-0.25, -0.2) is 14.8 Å². The largest absolute Gasteiger partial charge is 0.462 e. The van der Waals surface area contributed by atoms with Gasteiger partial charge >= 0.3 is 5.97 Å². The Hall–Kier alpha value is -3.01. The summed E-state index contributed by atoms with van der Waals surface area (Å²) in [4.78, 5) is 50.4. The van der Waals surface area contributed by atoms with Gasteiger partial charge in [-0.1, -0.05) is 24.3 Å². The lowest BCUT2D eigenvalue weighted by Gasteiger charge is -2.28. The maximum Gasteiger partial charge on any atom is 0.341 e. The van der Waals surface area contributed by atoms with E-state index in [2.05, 4.69) is 0 Å². The Bertz CT molecular complexity index is 1350. The van der Waals surface area contributed by atoms with E-state index in [1.807, 2.05) is 48.7 Å². The molecule has 6 rings (SSSR count). The first-order valence-electron chi connectivity index (χ1n) is 12.3. The van der Waals surface area contributed by atoms with E-state index in [4.69, 9.17) is 9.57 Å². The quantitative estimate of drug-likeness (QED) is 0.338. The summed E-state index contributed by atoms with van der Waals surface area (Å²) in [5.74, 6) is -1.94. The lowest BCUT2D eigenvalue weighted by molar-refractivity contribution is -0.126. The molecule has 0 saturated carbocycles. The van der Waals surface area contributed by atoms with Crippen molar-refractivity contribution < 1.29 is 24.0 Å². The van der Waals surface area contributed by atoms with Crippen molar-refractivity contribution in [2.45, 2.75) is 51.7 Å². The van der Waals surface area contributed by atoms with Gasteiger partial charge in [-0.05, 0) is 68.2 Å². The molecule has 2 saturated heterocycles. The Kier molecular flexibility index (Phi) is 5.94. The standard InChI is InChI=1S/C27H26N2O5S2/c1-3-33-27(32)20-16-10-5-7-12-18(16)36-26(20)28-24(30)21-22(19-13-8-14-35-19)29(34-23(21)25(28)31)17-11-6-4-9-15(17)2/h4,6,8-9,11,13-14,21-23H,3,5,7,10,12H2,1-2H3/t21-,22+,23-/m1/s1. The number of rotatable bonds is 5. The fourth-order valence-corrected chi connectivity index (χ4v) is 7.75. The molecule has 3 atom stereocenters. The Morgan fingerprint density at radius 1 is 1.11 bits per heavy atom. The summed E-state index contributed by atoms with van der Waals surface area (Å²) in [5, 5.41) is 4.08. The average molecular weight is 523 g/mol. The molecule has 9 heteroatoms. The Morgan fingerprint density at radius 3 is 2.67 bits per heavy atom. The van der Waals surface area contributed by atoms with Crippen molar-refractivity contribution in [3.05, 3.63) is 68.2 Å². The highest BCUT2D eigenvalue weighted by atomic mass is 32.1. The predicted octanol–water partition coefficient (Wildman–Crippen LogP) is 5.22. The highest BCUT2D eigenvalue weighted by molar-refractivity contribution is 7.17. The molecule has 1 aliphatic carbocycles. The van der Waals surface area contributed by atoms with Crippen molar-refractivity contribution in [1.82, 2.24) is 0 Å². The normalized spacial score (nSPS) is 23.2. The van der Waals surface area contributed by atoms with Crippen molar-refractivity contribution in [3.8, 4) is 0 Å². The van der Waals surface area contributed by atoms with Gasteiger partial charge in [0.05, 0.1) is 17.9 Å². The molecule has 36 heavy (non-hydrogen) atoms. The van der Waals surface area contributed by atoms with Crippen molar-refractivity contribution in [2.24, 2.45) is 5.92 Å². The molecule has 3 aliphatic rings. The monoisotopic (exact) mass is 522 g/mol. The highest BCUT2D eigenvalue weighted by Gasteiger charge is 2.61. The average Bonchev–Trinajstić information content (AvgIpc) is 3.64. The number of amides is 2. The van der Waals surface area contributed by atoms with Gasteiger partial charge in [-0.3, -0.25) is 14.4 Å². The number of ether oxygens (including phenoxy) is 1. The van der Waals surface area contributed by atoms with Crippen molar-refractivity contribution in [2.75, 3.05) is 16.6 Å². The summed E-state index contributed by atoms with van der Waals surface area (Å²) in [7, 11) is 0. The van der Waals surface area contributed by atoms with E-state index in [1.165, 1.54) is 27.6 Å². The number of esters is 1. The van der Waals surface area contributed by atoms with Crippen LogP contribution in [0, 0.1) is 12.8 Å². The van der Waals surface area contributed by atoms with E-state index in [-0.39, 0.29) is 12.5 Å². The molecule has 2 fully saturated rings. The van der Waals surface area contributed by atoms with E-state index in [0.717, 1.165) is 52.3 Å². The lowest BCUT2D eigenvalue weighted by atomic mass is 9.94. The van der Waals surface area contributed by atoms with Crippen molar-refractivity contribution in [3.63, 3.8) is 0 Å². The molecule has 0 unspecified atom stereocenters. The molecule has 7 nitrogen and oxygen atoms in total. The number of fused-ring (bicyclic) bond motifs is 2. The highest BCUT2D eigenvalue weighted by Crippen LogP contribution is 2.51. The maximum atomic E-state index is 14.1. The summed E-state index contributed by atoms with van der Waals surface area (Å²) in [5.41, 5.74) is 3.12. The molecule has 2 aromatic heterocycles. The number of carbonyl (C=O) groups is 3. The molecule has 186 valence electrons. The Balaban J connectivity index is 1.44. The molecule has 2 amide bonds. The summed E-state index contributed by atoms with van der Waals surface area (Å²) in [6.07, 6.45) is 2.62. The molecular weight excluding hydrogens is 496 g/mol. The van der Waals surface area contributed by atoms with Crippen LogP contribution in [0.1, 0.15) is 57.0 Å². The van der Waals surface area contributed by atoms with Crippen LogP contribution in [0.2, 0.25) is 0 Å². The molecule has 4 heterocycles. The van der Waals surface area contributed by atoms with Crippen LogP contribution >= 0.6 is 22.7 Å². The van der Waals surface area contributed by atoms with Crippen LogP contribution in [-0.4, -0.2) is 30.5 Å². The number of carbonyl (C=O) groups excluding carboxylic acids is 3. The maximum absolute atomic E-state index is 14.1. The number of anilines is 2. The van der Waals surface area contributed by atoms with Gasteiger partial charge in [-0.2, -0.15) is 0 Å². The minimum Gasteiger partial charge on any atom is -0.462 e. The number of thiophene rings is 2. The van der Waals surface area contributed by atoms with Crippen LogP contribution < -0.4 is 9.96 Å². The molecular formula is C27H26N2O5S2. The predicted molar refractivity (Wildman–Crippen MR) is 138 cm³/mol.